The van der Waals surface area contributed by atoms with E-state index in [1.54, 1.807) is 5.51 Å². The van der Waals surface area contributed by atoms with Crippen molar-refractivity contribution >= 4 is 11.3 Å². The molecule has 0 aliphatic heterocycles. The molecule has 1 unspecified atom stereocenters. The minimum Gasteiger partial charge on any atom is -0.387 e. The third-order valence-electron chi connectivity index (χ3n) is 1.81. The van der Waals surface area contributed by atoms with Crippen LogP contribution in [-0.2, 0) is 0 Å². The molecule has 0 spiro atoms. The van der Waals surface area contributed by atoms with E-state index < -0.39 is 0 Å². The zero-order valence-corrected chi connectivity index (χ0v) is 8.34. The van der Waals surface area contributed by atoms with Crippen molar-refractivity contribution in [1.82, 2.24) is 4.98 Å². The van der Waals surface area contributed by atoms with Gasteiger partial charge in [-0.15, -0.1) is 11.3 Å². The maximum Gasteiger partial charge on any atom is 0.0968 e. The molecule has 0 aliphatic rings. The zero-order chi connectivity index (χ0) is 8.97. The number of rotatable bonds is 4. The van der Waals surface area contributed by atoms with Gasteiger partial charge in [0.2, 0.25) is 0 Å². The summed E-state index contributed by atoms with van der Waals surface area (Å²) in [6.45, 7) is 4.32. The van der Waals surface area contributed by atoms with E-state index in [1.165, 1.54) is 11.3 Å². The van der Waals surface area contributed by atoms with E-state index in [4.69, 9.17) is 0 Å². The molecule has 1 heterocycles. The Morgan fingerprint density at radius 2 is 2.25 bits per heavy atom. The van der Waals surface area contributed by atoms with Crippen LogP contribution in [0, 0.1) is 5.92 Å². The van der Waals surface area contributed by atoms with Crippen LogP contribution in [0.5, 0.6) is 0 Å². The van der Waals surface area contributed by atoms with E-state index in [9.17, 15) is 5.11 Å². The Kier molecular flexibility index (Phi) is 3.69. The number of thiazole rings is 1. The molecule has 0 fully saturated rings. The molecule has 1 atom stereocenters. The van der Waals surface area contributed by atoms with Gasteiger partial charge in [0.15, 0.2) is 0 Å². The quantitative estimate of drug-likeness (QED) is 0.782. The van der Waals surface area contributed by atoms with Gasteiger partial charge in [0.1, 0.15) is 0 Å². The number of aromatic nitrogens is 1. The fraction of sp³-hybridized carbons (Fsp3) is 0.667. The average molecular weight is 185 g/mol. The SMILES string of the molecule is CC(C)CCC(O)c1cscn1. The highest BCUT2D eigenvalue weighted by molar-refractivity contribution is 7.07. The first-order valence-corrected chi connectivity index (χ1v) is 5.20. The predicted molar refractivity (Wildman–Crippen MR) is 51.1 cm³/mol. The van der Waals surface area contributed by atoms with Crippen LogP contribution in [0.4, 0.5) is 0 Å². The summed E-state index contributed by atoms with van der Waals surface area (Å²) in [5.41, 5.74) is 2.58. The van der Waals surface area contributed by atoms with Crippen LogP contribution in [0.2, 0.25) is 0 Å². The summed E-state index contributed by atoms with van der Waals surface area (Å²) >= 11 is 1.53. The standard InChI is InChI=1S/C9H15NOS/c1-7(2)3-4-9(11)8-5-12-6-10-8/h5-7,9,11H,3-4H2,1-2H3. The van der Waals surface area contributed by atoms with Crippen molar-refractivity contribution in [3.63, 3.8) is 0 Å². The van der Waals surface area contributed by atoms with Gasteiger partial charge in [-0.05, 0) is 18.8 Å². The lowest BCUT2D eigenvalue weighted by Crippen LogP contribution is -1.99. The van der Waals surface area contributed by atoms with Crippen LogP contribution in [0.15, 0.2) is 10.9 Å². The van der Waals surface area contributed by atoms with Crippen molar-refractivity contribution in [1.29, 1.82) is 0 Å². The Bertz CT molecular complexity index is 208. The molecule has 1 N–H and O–H groups in total. The summed E-state index contributed by atoms with van der Waals surface area (Å²) in [5.74, 6) is 0.651. The normalized spacial score (nSPS) is 13.7. The summed E-state index contributed by atoms with van der Waals surface area (Å²) in [7, 11) is 0. The van der Waals surface area contributed by atoms with Crippen molar-refractivity contribution in [2.24, 2.45) is 5.92 Å². The number of hydrogen-bond acceptors (Lipinski definition) is 3. The van der Waals surface area contributed by atoms with Gasteiger partial charge in [-0.25, -0.2) is 4.98 Å². The lowest BCUT2D eigenvalue weighted by Gasteiger charge is -2.08. The molecule has 1 aromatic rings. The largest absolute Gasteiger partial charge is 0.387 e. The molecule has 2 nitrogen and oxygen atoms in total. The number of aliphatic hydroxyl groups excluding tert-OH is 1. The zero-order valence-electron chi connectivity index (χ0n) is 7.53. The van der Waals surface area contributed by atoms with Crippen molar-refractivity contribution in [2.75, 3.05) is 0 Å². The van der Waals surface area contributed by atoms with Crippen molar-refractivity contribution in [2.45, 2.75) is 32.8 Å². The average Bonchev–Trinajstić information content (AvgIpc) is 2.51. The fourth-order valence-corrected chi connectivity index (χ4v) is 1.63. The molecule has 0 amide bonds. The Balaban J connectivity index is 2.34. The van der Waals surface area contributed by atoms with E-state index in [-0.39, 0.29) is 6.10 Å². The molecule has 0 bridgehead atoms. The predicted octanol–water partition coefficient (Wildman–Crippen LogP) is 2.61. The topological polar surface area (TPSA) is 33.1 Å². The van der Waals surface area contributed by atoms with E-state index >= 15 is 0 Å². The van der Waals surface area contributed by atoms with Crippen LogP contribution in [0.3, 0.4) is 0 Å². The van der Waals surface area contributed by atoms with Gasteiger partial charge in [0.25, 0.3) is 0 Å². The lowest BCUT2D eigenvalue weighted by molar-refractivity contribution is 0.155. The van der Waals surface area contributed by atoms with Crippen LogP contribution < -0.4 is 0 Å². The van der Waals surface area contributed by atoms with Crippen LogP contribution >= 0.6 is 11.3 Å². The second-order valence-corrected chi connectivity index (χ2v) is 4.12. The van der Waals surface area contributed by atoms with Gasteiger partial charge in [-0.1, -0.05) is 13.8 Å². The molecule has 0 radical (unpaired) electrons. The molecule has 1 rings (SSSR count). The highest BCUT2D eigenvalue weighted by Gasteiger charge is 2.09. The van der Waals surface area contributed by atoms with Gasteiger partial charge in [-0.2, -0.15) is 0 Å². The van der Waals surface area contributed by atoms with E-state index in [2.05, 4.69) is 18.8 Å². The molecule has 0 aliphatic carbocycles. The Hall–Kier alpha value is -0.410. The van der Waals surface area contributed by atoms with Crippen molar-refractivity contribution in [3.05, 3.63) is 16.6 Å². The molecular weight excluding hydrogens is 170 g/mol. The second-order valence-electron chi connectivity index (χ2n) is 3.40. The lowest BCUT2D eigenvalue weighted by atomic mass is 10.0. The first-order valence-electron chi connectivity index (χ1n) is 4.26. The van der Waals surface area contributed by atoms with Gasteiger partial charge in [-0.3, -0.25) is 0 Å². The molecule has 1 aromatic heterocycles. The number of aliphatic hydroxyl groups is 1. The highest BCUT2D eigenvalue weighted by atomic mass is 32.1. The summed E-state index contributed by atoms with van der Waals surface area (Å²) < 4.78 is 0. The monoisotopic (exact) mass is 185 g/mol. The summed E-state index contributed by atoms with van der Waals surface area (Å²) in [6.07, 6.45) is 1.51. The van der Waals surface area contributed by atoms with Crippen LogP contribution in [0.25, 0.3) is 0 Å². The molecular formula is C9H15NOS. The minimum absolute atomic E-state index is 0.362. The first kappa shape index (κ1) is 9.68. The van der Waals surface area contributed by atoms with Crippen molar-refractivity contribution in [3.8, 4) is 0 Å². The molecule has 3 heteroatoms. The smallest absolute Gasteiger partial charge is 0.0968 e. The summed E-state index contributed by atoms with van der Waals surface area (Å²) in [6, 6.07) is 0. The van der Waals surface area contributed by atoms with Gasteiger partial charge < -0.3 is 5.11 Å². The van der Waals surface area contributed by atoms with E-state index in [0.717, 1.165) is 18.5 Å². The summed E-state index contributed by atoms with van der Waals surface area (Å²) in [5, 5.41) is 11.5. The Morgan fingerprint density at radius 3 is 2.75 bits per heavy atom. The van der Waals surface area contributed by atoms with E-state index in [1.807, 2.05) is 5.38 Å². The second kappa shape index (κ2) is 4.58. The maximum atomic E-state index is 9.60. The minimum atomic E-state index is -0.362. The Morgan fingerprint density at radius 1 is 1.50 bits per heavy atom. The van der Waals surface area contributed by atoms with Crippen LogP contribution in [0.1, 0.15) is 38.5 Å². The third kappa shape index (κ3) is 2.91. The van der Waals surface area contributed by atoms with Crippen molar-refractivity contribution < 1.29 is 5.11 Å². The maximum absolute atomic E-state index is 9.60. The number of hydrogen-bond donors (Lipinski definition) is 1. The van der Waals surface area contributed by atoms with Gasteiger partial charge in [0, 0.05) is 5.38 Å². The molecule has 0 aromatic carbocycles. The van der Waals surface area contributed by atoms with E-state index in [0.29, 0.717) is 5.92 Å². The van der Waals surface area contributed by atoms with Crippen LogP contribution in [-0.4, -0.2) is 10.1 Å². The number of nitrogens with zero attached hydrogens (tertiary/aromatic N) is 1. The molecule has 12 heavy (non-hydrogen) atoms. The molecule has 68 valence electrons. The highest BCUT2D eigenvalue weighted by Crippen LogP contribution is 2.19. The molecule has 0 saturated carbocycles. The Labute approximate surface area is 77.3 Å². The first-order chi connectivity index (χ1) is 5.70. The fourth-order valence-electron chi connectivity index (χ4n) is 1.03. The third-order valence-corrected chi connectivity index (χ3v) is 2.41. The summed E-state index contributed by atoms with van der Waals surface area (Å²) in [4.78, 5) is 4.06. The molecule has 0 saturated heterocycles. The van der Waals surface area contributed by atoms with Gasteiger partial charge >= 0.3 is 0 Å². The van der Waals surface area contributed by atoms with Gasteiger partial charge in [0.05, 0.1) is 17.3 Å².